The third-order valence-corrected chi connectivity index (χ3v) is 3.88. The van der Waals surface area contributed by atoms with Crippen LogP contribution in [0.2, 0.25) is 5.02 Å². The normalized spacial score (nSPS) is 12.2. The van der Waals surface area contributed by atoms with Gasteiger partial charge < -0.3 is 5.43 Å². The van der Waals surface area contributed by atoms with Crippen LogP contribution in [-0.4, -0.2) is 12.2 Å². The van der Waals surface area contributed by atoms with Crippen molar-refractivity contribution < 1.29 is 13.6 Å². The van der Waals surface area contributed by atoms with E-state index in [1.165, 1.54) is 0 Å². The Morgan fingerprint density at radius 1 is 1.16 bits per heavy atom. The molecule has 0 heterocycles. The van der Waals surface area contributed by atoms with E-state index < -0.39 is 7.75 Å². The molecule has 0 aromatic heterocycles. The van der Waals surface area contributed by atoms with Gasteiger partial charge in [-0.3, -0.25) is 9.05 Å². The molecule has 0 bridgehead atoms. The number of hydrogen-bond donors (Lipinski definition) is 2. The van der Waals surface area contributed by atoms with Crippen molar-refractivity contribution in [2.75, 3.05) is 5.43 Å². The van der Waals surface area contributed by atoms with Crippen molar-refractivity contribution in [3.63, 3.8) is 0 Å². The fourth-order valence-corrected chi connectivity index (χ4v) is 3.05. The van der Waals surface area contributed by atoms with Crippen LogP contribution in [-0.2, 0) is 13.6 Å². The van der Waals surface area contributed by atoms with Gasteiger partial charge in [-0.2, -0.15) is 0 Å². The Morgan fingerprint density at radius 2 is 1.74 bits per heavy atom. The number of benzene rings is 1. The lowest BCUT2D eigenvalue weighted by atomic mass is 10.3. The summed E-state index contributed by atoms with van der Waals surface area (Å²) in [7, 11) is -3.42. The highest BCUT2D eigenvalue weighted by Gasteiger charge is 2.27. The Bertz CT molecular complexity index is 440. The molecular formula is C12H20ClN2O3P. The molecule has 0 radical (unpaired) electrons. The van der Waals surface area contributed by atoms with E-state index >= 15 is 0 Å². The Morgan fingerprint density at radius 3 is 2.21 bits per heavy atom. The first-order valence-electron chi connectivity index (χ1n) is 6.06. The predicted molar refractivity (Wildman–Crippen MR) is 78.3 cm³/mol. The van der Waals surface area contributed by atoms with E-state index in [0.717, 1.165) is 0 Å². The lowest BCUT2D eigenvalue weighted by molar-refractivity contribution is 0.137. The van der Waals surface area contributed by atoms with Gasteiger partial charge in [0.15, 0.2) is 0 Å². The SMILES string of the molecule is CC(C)OP(=O)(NNc1cccc(Cl)c1)OC(C)C. The maximum Gasteiger partial charge on any atom is 0.423 e. The molecular weight excluding hydrogens is 287 g/mol. The van der Waals surface area contributed by atoms with Crippen molar-refractivity contribution in [2.24, 2.45) is 0 Å². The molecule has 1 rings (SSSR count). The van der Waals surface area contributed by atoms with E-state index in [2.05, 4.69) is 10.6 Å². The van der Waals surface area contributed by atoms with Crippen molar-refractivity contribution in [3.05, 3.63) is 29.3 Å². The number of nitrogens with one attached hydrogen (secondary N) is 2. The summed E-state index contributed by atoms with van der Waals surface area (Å²) in [4.78, 5) is 0. The smallest absolute Gasteiger partial charge is 0.312 e. The number of anilines is 1. The van der Waals surface area contributed by atoms with Gasteiger partial charge in [0.1, 0.15) is 0 Å². The maximum atomic E-state index is 12.4. The molecule has 0 aliphatic carbocycles. The highest BCUT2D eigenvalue weighted by atomic mass is 35.5. The van der Waals surface area contributed by atoms with E-state index in [1.807, 2.05) is 0 Å². The molecule has 0 fully saturated rings. The molecule has 2 N–H and O–H groups in total. The van der Waals surface area contributed by atoms with Crippen molar-refractivity contribution in [1.29, 1.82) is 0 Å². The summed E-state index contributed by atoms with van der Waals surface area (Å²) in [5.41, 5.74) is 3.46. The summed E-state index contributed by atoms with van der Waals surface area (Å²) < 4.78 is 23.1. The van der Waals surface area contributed by atoms with E-state index in [1.54, 1.807) is 52.0 Å². The number of hydrogen-bond acceptors (Lipinski definition) is 4. The van der Waals surface area contributed by atoms with Gasteiger partial charge in [-0.15, -0.1) is 5.20 Å². The monoisotopic (exact) mass is 306 g/mol. The van der Waals surface area contributed by atoms with Gasteiger partial charge in [0.05, 0.1) is 17.9 Å². The fourth-order valence-electron chi connectivity index (χ4n) is 1.33. The van der Waals surface area contributed by atoms with Crippen LogP contribution in [0, 0.1) is 0 Å². The molecule has 108 valence electrons. The summed E-state index contributed by atoms with van der Waals surface area (Å²) in [6.07, 6.45) is -0.448. The van der Waals surface area contributed by atoms with Gasteiger partial charge in [-0.25, -0.2) is 4.57 Å². The predicted octanol–water partition coefficient (Wildman–Crippen LogP) is 4.21. The molecule has 5 nitrogen and oxygen atoms in total. The number of halogens is 1. The van der Waals surface area contributed by atoms with Gasteiger partial charge in [0.25, 0.3) is 0 Å². The molecule has 0 amide bonds. The van der Waals surface area contributed by atoms with Gasteiger partial charge in [-0.05, 0) is 45.9 Å². The minimum Gasteiger partial charge on any atom is -0.312 e. The molecule has 0 aliphatic heterocycles. The Labute approximate surface area is 119 Å². The molecule has 7 heteroatoms. The second-order valence-corrected chi connectivity index (χ2v) is 6.63. The highest BCUT2D eigenvalue weighted by Crippen LogP contribution is 2.45. The molecule has 1 aromatic carbocycles. The van der Waals surface area contributed by atoms with E-state index in [0.29, 0.717) is 10.7 Å². The first-order valence-corrected chi connectivity index (χ1v) is 7.98. The average Bonchev–Trinajstić information content (AvgIpc) is 2.24. The van der Waals surface area contributed by atoms with Crippen molar-refractivity contribution in [2.45, 2.75) is 39.9 Å². The number of rotatable bonds is 7. The molecule has 0 spiro atoms. The average molecular weight is 307 g/mol. The first kappa shape index (κ1) is 16.5. The van der Waals surface area contributed by atoms with Crippen molar-refractivity contribution in [3.8, 4) is 0 Å². The second kappa shape index (κ2) is 7.27. The maximum absolute atomic E-state index is 12.4. The summed E-state index contributed by atoms with van der Waals surface area (Å²) in [5.74, 6) is 0. The zero-order chi connectivity index (χ0) is 14.5. The molecule has 0 unspecified atom stereocenters. The van der Waals surface area contributed by atoms with Gasteiger partial charge in [0.2, 0.25) is 0 Å². The Balaban J connectivity index is 2.70. The lowest BCUT2D eigenvalue weighted by Crippen LogP contribution is -2.24. The minimum absolute atomic E-state index is 0.224. The largest absolute Gasteiger partial charge is 0.423 e. The Kier molecular flexibility index (Phi) is 6.30. The highest BCUT2D eigenvalue weighted by molar-refractivity contribution is 7.51. The topological polar surface area (TPSA) is 59.6 Å². The summed E-state index contributed by atoms with van der Waals surface area (Å²) >= 11 is 5.86. The van der Waals surface area contributed by atoms with Crippen molar-refractivity contribution in [1.82, 2.24) is 5.20 Å². The molecule has 0 saturated heterocycles. The van der Waals surface area contributed by atoms with E-state index in [-0.39, 0.29) is 12.2 Å². The van der Waals surface area contributed by atoms with Crippen LogP contribution in [0.1, 0.15) is 27.7 Å². The van der Waals surface area contributed by atoms with Crippen LogP contribution in [0.3, 0.4) is 0 Å². The van der Waals surface area contributed by atoms with Crippen LogP contribution < -0.4 is 10.6 Å². The fraction of sp³-hybridized carbons (Fsp3) is 0.500. The van der Waals surface area contributed by atoms with Gasteiger partial charge in [0, 0.05) is 5.02 Å². The molecule has 0 saturated carbocycles. The van der Waals surface area contributed by atoms with E-state index in [9.17, 15) is 4.57 Å². The molecule has 0 atom stereocenters. The minimum atomic E-state index is -3.42. The molecule has 1 aromatic rings. The van der Waals surface area contributed by atoms with E-state index in [4.69, 9.17) is 20.6 Å². The second-order valence-electron chi connectivity index (χ2n) is 4.55. The van der Waals surface area contributed by atoms with Crippen LogP contribution in [0.5, 0.6) is 0 Å². The molecule has 0 aliphatic rings. The van der Waals surface area contributed by atoms with Crippen LogP contribution >= 0.6 is 19.3 Å². The standard InChI is InChI=1S/C12H20ClN2O3P/c1-9(2)17-19(16,18-10(3)4)15-14-12-7-5-6-11(13)8-12/h5-10,14H,1-4H3,(H,15,16). The zero-order valence-corrected chi connectivity index (χ0v) is 13.2. The van der Waals surface area contributed by atoms with Crippen LogP contribution in [0.25, 0.3) is 0 Å². The Hall–Kier alpha value is -0.580. The van der Waals surface area contributed by atoms with Gasteiger partial charge >= 0.3 is 7.75 Å². The van der Waals surface area contributed by atoms with Gasteiger partial charge in [-0.1, -0.05) is 17.7 Å². The first-order chi connectivity index (χ1) is 8.81. The summed E-state index contributed by atoms with van der Waals surface area (Å²) in [6.45, 7) is 7.16. The summed E-state index contributed by atoms with van der Waals surface area (Å²) in [5, 5.41) is 3.18. The number of hydrazine groups is 1. The third kappa shape index (κ3) is 6.41. The van der Waals surface area contributed by atoms with Crippen molar-refractivity contribution >= 4 is 25.0 Å². The zero-order valence-electron chi connectivity index (χ0n) is 11.5. The quantitative estimate of drug-likeness (QED) is 0.583. The third-order valence-electron chi connectivity index (χ3n) is 1.86. The van der Waals surface area contributed by atoms with Crippen LogP contribution in [0.4, 0.5) is 5.69 Å². The van der Waals surface area contributed by atoms with Crippen LogP contribution in [0.15, 0.2) is 24.3 Å². The summed E-state index contributed by atoms with van der Waals surface area (Å²) in [6, 6.07) is 7.02. The molecule has 19 heavy (non-hydrogen) atoms. The lowest BCUT2D eigenvalue weighted by Gasteiger charge is -2.23.